The van der Waals surface area contributed by atoms with Gasteiger partial charge in [-0.25, -0.2) is 4.98 Å². The zero-order valence-corrected chi connectivity index (χ0v) is 11.9. The lowest BCUT2D eigenvalue weighted by molar-refractivity contribution is -0.105. The number of anilines is 2. The van der Waals surface area contributed by atoms with Crippen molar-refractivity contribution in [3.05, 3.63) is 60.0 Å². The van der Waals surface area contributed by atoms with E-state index < -0.39 is 0 Å². The van der Waals surface area contributed by atoms with E-state index in [1.54, 1.807) is 53.2 Å². The molecule has 0 bridgehead atoms. The number of pyridine rings is 1. The van der Waals surface area contributed by atoms with Gasteiger partial charge in [-0.2, -0.15) is 0 Å². The summed E-state index contributed by atoms with van der Waals surface area (Å²) in [5, 5.41) is 5.26. The summed E-state index contributed by atoms with van der Waals surface area (Å²) in [4.78, 5) is 37.4. The van der Waals surface area contributed by atoms with Gasteiger partial charge in [-0.05, 0) is 36.4 Å². The number of nitrogens with one attached hydrogen (secondary N) is 2. The van der Waals surface area contributed by atoms with E-state index in [0.717, 1.165) is 0 Å². The summed E-state index contributed by atoms with van der Waals surface area (Å²) in [5.74, 6) is -0.280. The third kappa shape index (κ3) is 3.08. The second kappa shape index (κ2) is 6.10. The summed E-state index contributed by atoms with van der Waals surface area (Å²) < 4.78 is 1.66. The molecule has 0 fully saturated rings. The molecule has 2 amide bonds. The molecule has 7 nitrogen and oxygen atoms in total. The molecule has 2 aromatic heterocycles. The number of nitrogens with zero attached hydrogens (tertiary/aromatic N) is 2. The van der Waals surface area contributed by atoms with Gasteiger partial charge in [0, 0.05) is 23.6 Å². The largest absolute Gasteiger partial charge is 0.329 e. The van der Waals surface area contributed by atoms with Crippen LogP contribution >= 0.6 is 0 Å². The quantitative estimate of drug-likeness (QED) is 0.705. The maximum atomic E-state index is 12.2. The van der Waals surface area contributed by atoms with Crippen molar-refractivity contribution in [1.82, 2.24) is 9.38 Å². The monoisotopic (exact) mass is 308 g/mol. The summed E-state index contributed by atoms with van der Waals surface area (Å²) in [6, 6.07) is 9.91. The fourth-order valence-electron chi connectivity index (χ4n) is 2.13. The first-order chi connectivity index (χ1) is 11.2. The molecule has 23 heavy (non-hydrogen) atoms. The summed E-state index contributed by atoms with van der Waals surface area (Å²) in [6.07, 6.45) is 4.50. The highest BCUT2D eigenvalue weighted by atomic mass is 16.1. The van der Waals surface area contributed by atoms with Crippen molar-refractivity contribution in [3.8, 4) is 0 Å². The molecule has 0 radical (unpaired) electrons. The van der Waals surface area contributed by atoms with Crippen LogP contribution < -0.4 is 10.6 Å². The standard InChI is InChI=1S/C16H12N4O3/c21-9-14-8-20-7-13(5-6-15(20)18-14)19-16(23)11-1-3-12(4-2-11)17-10-22/h1-10H,(H,17,22)(H,19,23). The zero-order valence-electron chi connectivity index (χ0n) is 11.9. The average Bonchev–Trinajstić information content (AvgIpc) is 2.98. The molecular formula is C16H12N4O3. The molecule has 1 aromatic carbocycles. The number of carbonyl (C=O) groups excluding carboxylic acids is 3. The third-order valence-electron chi connectivity index (χ3n) is 3.22. The van der Waals surface area contributed by atoms with Crippen molar-refractivity contribution in [2.24, 2.45) is 0 Å². The number of imidazole rings is 1. The van der Waals surface area contributed by atoms with Crippen LogP contribution in [0.3, 0.4) is 0 Å². The topological polar surface area (TPSA) is 92.6 Å². The molecule has 2 heterocycles. The fraction of sp³-hybridized carbons (Fsp3) is 0. The number of amides is 2. The van der Waals surface area contributed by atoms with Crippen LogP contribution in [0.4, 0.5) is 11.4 Å². The summed E-state index contributed by atoms with van der Waals surface area (Å²) in [5.41, 5.74) is 2.59. The lowest BCUT2D eigenvalue weighted by Gasteiger charge is -2.06. The molecular weight excluding hydrogens is 296 g/mol. The van der Waals surface area contributed by atoms with E-state index in [4.69, 9.17) is 0 Å². The summed E-state index contributed by atoms with van der Waals surface area (Å²) >= 11 is 0. The van der Waals surface area contributed by atoms with Gasteiger partial charge in [-0.3, -0.25) is 14.4 Å². The Morgan fingerprint density at radius 2 is 1.74 bits per heavy atom. The number of hydrogen-bond acceptors (Lipinski definition) is 4. The molecule has 0 spiro atoms. The van der Waals surface area contributed by atoms with Gasteiger partial charge < -0.3 is 15.0 Å². The molecule has 0 saturated carbocycles. The maximum absolute atomic E-state index is 12.2. The van der Waals surface area contributed by atoms with Crippen LogP contribution in [0.1, 0.15) is 20.8 Å². The molecule has 0 saturated heterocycles. The van der Waals surface area contributed by atoms with Gasteiger partial charge in [0.15, 0.2) is 6.29 Å². The number of aldehydes is 1. The Bertz CT molecular complexity index is 884. The van der Waals surface area contributed by atoms with Gasteiger partial charge in [0.2, 0.25) is 6.41 Å². The van der Waals surface area contributed by atoms with Gasteiger partial charge in [-0.15, -0.1) is 0 Å². The number of carbonyl (C=O) groups is 3. The predicted octanol–water partition coefficient (Wildman–Crippen LogP) is 1.97. The van der Waals surface area contributed by atoms with Crippen LogP contribution in [0.2, 0.25) is 0 Å². The van der Waals surface area contributed by atoms with E-state index in [1.165, 1.54) is 0 Å². The van der Waals surface area contributed by atoms with Crippen molar-refractivity contribution >= 4 is 35.6 Å². The van der Waals surface area contributed by atoms with Crippen molar-refractivity contribution < 1.29 is 14.4 Å². The van der Waals surface area contributed by atoms with Gasteiger partial charge in [0.05, 0.1) is 5.69 Å². The second-order valence-electron chi connectivity index (χ2n) is 4.76. The molecule has 0 aliphatic rings. The van der Waals surface area contributed by atoms with E-state index in [1.807, 2.05) is 0 Å². The highest BCUT2D eigenvalue weighted by Gasteiger charge is 2.07. The highest BCUT2D eigenvalue weighted by Crippen LogP contribution is 2.14. The van der Waals surface area contributed by atoms with Crippen LogP contribution in [0.25, 0.3) is 5.65 Å². The minimum absolute atomic E-state index is 0.280. The molecule has 0 atom stereocenters. The van der Waals surface area contributed by atoms with Crippen molar-refractivity contribution in [1.29, 1.82) is 0 Å². The van der Waals surface area contributed by atoms with Gasteiger partial charge >= 0.3 is 0 Å². The zero-order chi connectivity index (χ0) is 16.2. The molecule has 0 aliphatic carbocycles. The maximum Gasteiger partial charge on any atom is 0.255 e. The van der Waals surface area contributed by atoms with Crippen LogP contribution in [0, 0.1) is 0 Å². The molecule has 2 N–H and O–H groups in total. The van der Waals surface area contributed by atoms with Gasteiger partial charge in [0.1, 0.15) is 11.3 Å². The molecule has 7 heteroatoms. The number of fused-ring (bicyclic) bond motifs is 1. The second-order valence-corrected chi connectivity index (χ2v) is 4.76. The van der Waals surface area contributed by atoms with E-state index >= 15 is 0 Å². The number of rotatable bonds is 5. The Morgan fingerprint density at radius 1 is 1.00 bits per heavy atom. The van der Waals surface area contributed by atoms with E-state index in [2.05, 4.69) is 15.6 Å². The molecule has 3 aromatic rings. The Labute approximate surface area is 131 Å². The summed E-state index contributed by atoms with van der Waals surface area (Å²) in [6.45, 7) is 0. The Morgan fingerprint density at radius 3 is 2.43 bits per heavy atom. The van der Waals surface area contributed by atoms with Crippen molar-refractivity contribution in [2.75, 3.05) is 10.6 Å². The molecule has 0 aliphatic heterocycles. The smallest absolute Gasteiger partial charge is 0.255 e. The van der Waals surface area contributed by atoms with Crippen molar-refractivity contribution in [3.63, 3.8) is 0 Å². The molecule has 3 rings (SSSR count). The first kappa shape index (κ1) is 14.5. The van der Waals surface area contributed by atoms with Crippen molar-refractivity contribution in [2.45, 2.75) is 0 Å². The number of aromatic nitrogens is 2. The van der Waals surface area contributed by atoms with Gasteiger partial charge in [0.25, 0.3) is 5.91 Å². The Balaban J connectivity index is 1.78. The lowest BCUT2D eigenvalue weighted by Crippen LogP contribution is -2.12. The molecule has 114 valence electrons. The van der Waals surface area contributed by atoms with E-state index in [-0.39, 0.29) is 5.91 Å². The Hall–Kier alpha value is -3.48. The van der Waals surface area contributed by atoms with Crippen LogP contribution in [0.15, 0.2) is 48.8 Å². The highest BCUT2D eigenvalue weighted by molar-refractivity contribution is 6.04. The minimum atomic E-state index is -0.280. The first-order valence-corrected chi connectivity index (χ1v) is 6.75. The van der Waals surface area contributed by atoms with E-state index in [9.17, 15) is 14.4 Å². The van der Waals surface area contributed by atoms with E-state index in [0.29, 0.717) is 41.0 Å². The van der Waals surface area contributed by atoms with Crippen LogP contribution in [-0.2, 0) is 4.79 Å². The SMILES string of the molecule is O=CNc1ccc(C(=O)Nc2ccc3nc(C=O)cn3c2)cc1. The van der Waals surface area contributed by atoms with Crippen LogP contribution in [-0.4, -0.2) is 28.0 Å². The number of benzene rings is 1. The molecule has 0 unspecified atom stereocenters. The third-order valence-corrected chi connectivity index (χ3v) is 3.22. The normalized spacial score (nSPS) is 10.3. The minimum Gasteiger partial charge on any atom is -0.329 e. The fourth-order valence-corrected chi connectivity index (χ4v) is 2.13. The lowest BCUT2D eigenvalue weighted by atomic mass is 10.2. The van der Waals surface area contributed by atoms with Crippen LogP contribution in [0.5, 0.6) is 0 Å². The Kier molecular flexibility index (Phi) is 3.84. The summed E-state index contributed by atoms with van der Waals surface area (Å²) in [7, 11) is 0. The number of hydrogen-bond donors (Lipinski definition) is 2. The van der Waals surface area contributed by atoms with Gasteiger partial charge in [-0.1, -0.05) is 0 Å². The predicted molar refractivity (Wildman–Crippen MR) is 84.7 cm³/mol. The average molecular weight is 308 g/mol. The first-order valence-electron chi connectivity index (χ1n) is 6.75.